The Balaban J connectivity index is 1.67. The van der Waals surface area contributed by atoms with E-state index < -0.39 is 0 Å². The topological polar surface area (TPSA) is 123 Å². The number of carbonyl (C=O) groups is 2. The largest absolute Gasteiger partial charge is 0.378 e. The molecule has 2 aromatic heterocycles. The van der Waals surface area contributed by atoms with Gasteiger partial charge in [0.25, 0.3) is 0 Å². The molecule has 9 nitrogen and oxygen atoms in total. The molecule has 9 heteroatoms. The van der Waals surface area contributed by atoms with Gasteiger partial charge < -0.3 is 20.7 Å². The van der Waals surface area contributed by atoms with Gasteiger partial charge in [-0.25, -0.2) is 15.0 Å². The number of rotatable bonds is 9. The molecule has 3 heterocycles. The predicted octanol–water partition coefficient (Wildman–Crippen LogP) is 2.28. The number of pyridine rings is 1. The van der Waals surface area contributed by atoms with Crippen molar-refractivity contribution in [2.24, 2.45) is 0 Å². The molecule has 1 saturated heterocycles. The number of ether oxygens (including phenoxy) is 1. The number of morpholine rings is 1. The fourth-order valence-electron chi connectivity index (χ4n) is 3.35. The number of nitrogens with two attached hydrogens (primary N) is 1. The monoisotopic (exact) mass is 438 g/mol. The van der Waals surface area contributed by atoms with E-state index in [-0.39, 0.29) is 17.6 Å². The highest BCUT2D eigenvalue weighted by molar-refractivity contribution is 5.90. The molecule has 32 heavy (non-hydrogen) atoms. The van der Waals surface area contributed by atoms with Gasteiger partial charge >= 0.3 is 0 Å². The third-order valence-electron chi connectivity index (χ3n) is 4.94. The second-order valence-corrected chi connectivity index (χ2v) is 7.97. The molecule has 0 spiro atoms. The number of hydrogen-bond acceptors (Lipinski definition) is 8. The van der Waals surface area contributed by atoms with Crippen molar-refractivity contribution in [3.8, 4) is 11.3 Å². The van der Waals surface area contributed by atoms with Gasteiger partial charge in [0, 0.05) is 50.4 Å². The number of ketones is 1. The van der Waals surface area contributed by atoms with Crippen molar-refractivity contribution in [2.45, 2.75) is 39.7 Å². The molecule has 3 N–H and O–H groups in total. The number of nitrogens with one attached hydrogen (secondary N) is 1. The van der Waals surface area contributed by atoms with Crippen molar-refractivity contribution in [3.05, 3.63) is 41.7 Å². The lowest BCUT2D eigenvalue weighted by molar-refractivity contribution is -0.121. The van der Waals surface area contributed by atoms with E-state index in [1.165, 1.54) is 0 Å². The second-order valence-electron chi connectivity index (χ2n) is 7.97. The summed E-state index contributed by atoms with van der Waals surface area (Å²) in [7, 11) is 0. The third-order valence-corrected chi connectivity index (χ3v) is 4.94. The number of anilines is 2. The number of carbonyl (C=O) groups excluding carboxylic acids is 2. The summed E-state index contributed by atoms with van der Waals surface area (Å²) in [5, 5.41) is 2.94. The van der Waals surface area contributed by atoms with Gasteiger partial charge in [0.15, 0.2) is 5.78 Å². The first-order valence-electron chi connectivity index (χ1n) is 10.8. The number of allylic oxidation sites excluding steroid dienone is 2. The Hall–Kier alpha value is -3.33. The molecule has 1 amide bonds. The Morgan fingerprint density at radius 1 is 1.16 bits per heavy atom. The van der Waals surface area contributed by atoms with Crippen molar-refractivity contribution in [3.63, 3.8) is 0 Å². The first-order valence-corrected chi connectivity index (χ1v) is 10.8. The summed E-state index contributed by atoms with van der Waals surface area (Å²) < 4.78 is 5.45. The highest BCUT2D eigenvalue weighted by Crippen LogP contribution is 2.23. The normalized spacial score (nSPS) is 13.5. The Kier molecular flexibility index (Phi) is 8.27. The van der Waals surface area contributed by atoms with Crippen molar-refractivity contribution >= 4 is 23.5 Å². The van der Waals surface area contributed by atoms with Crippen LogP contribution in [-0.4, -0.2) is 52.9 Å². The zero-order valence-electron chi connectivity index (χ0n) is 18.6. The van der Waals surface area contributed by atoms with E-state index in [1.807, 2.05) is 26.0 Å². The third kappa shape index (κ3) is 7.12. The highest BCUT2D eigenvalue weighted by Gasteiger charge is 2.15. The second kappa shape index (κ2) is 11.3. The van der Waals surface area contributed by atoms with Gasteiger partial charge in [-0.3, -0.25) is 9.59 Å². The van der Waals surface area contributed by atoms with Gasteiger partial charge in [-0.1, -0.05) is 5.57 Å². The average molecular weight is 439 g/mol. The van der Waals surface area contributed by atoms with E-state index in [2.05, 4.69) is 20.2 Å². The van der Waals surface area contributed by atoms with Crippen LogP contribution in [0.3, 0.4) is 0 Å². The number of hydrogen-bond donors (Lipinski definition) is 2. The van der Waals surface area contributed by atoms with Gasteiger partial charge in [-0.2, -0.15) is 0 Å². The van der Waals surface area contributed by atoms with Crippen molar-refractivity contribution in [1.82, 2.24) is 20.3 Å². The van der Waals surface area contributed by atoms with Crippen LogP contribution < -0.4 is 16.0 Å². The molecule has 0 aromatic carbocycles. The zero-order valence-corrected chi connectivity index (χ0v) is 18.6. The summed E-state index contributed by atoms with van der Waals surface area (Å²) in [4.78, 5) is 39.1. The molecule has 1 aliphatic heterocycles. The minimum Gasteiger partial charge on any atom is -0.378 e. The van der Waals surface area contributed by atoms with Crippen LogP contribution in [0, 0.1) is 0 Å². The first-order chi connectivity index (χ1) is 15.4. The maximum atomic E-state index is 12.3. The zero-order chi connectivity index (χ0) is 22.9. The summed E-state index contributed by atoms with van der Waals surface area (Å²) in [6.45, 7) is 6.93. The molecule has 0 atom stereocenters. The van der Waals surface area contributed by atoms with Crippen molar-refractivity contribution in [2.75, 3.05) is 36.9 Å². The van der Waals surface area contributed by atoms with Crippen molar-refractivity contribution < 1.29 is 14.3 Å². The minimum absolute atomic E-state index is 0.0532. The van der Waals surface area contributed by atoms with Gasteiger partial charge in [0.05, 0.1) is 18.9 Å². The lowest BCUT2D eigenvalue weighted by atomic mass is 10.1. The van der Waals surface area contributed by atoms with Crippen LogP contribution in [0.1, 0.15) is 38.7 Å². The summed E-state index contributed by atoms with van der Waals surface area (Å²) in [6.07, 6.45) is 6.10. The minimum atomic E-state index is -0.0860. The van der Waals surface area contributed by atoms with Crippen molar-refractivity contribution in [1.29, 1.82) is 0 Å². The van der Waals surface area contributed by atoms with E-state index in [1.54, 1.807) is 18.5 Å². The van der Waals surface area contributed by atoms with Gasteiger partial charge in [-0.05, 0) is 44.0 Å². The fraction of sp³-hybridized carbons (Fsp3) is 0.435. The van der Waals surface area contributed by atoms with Gasteiger partial charge in [0.2, 0.25) is 11.9 Å². The van der Waals surface area contributed by atoms with Crippen LogP contribution >= 0.6 is 0 Å². The van der Waals surface area contributed by atoms with Crippen LogP contribution in [-0.2, 0) is 20.9 Å². The summed E-state index contributed by atoms with van der Waals surface area (Å²) >= 11 is 0. The molecular weight excluding hydrogens is 408 g/mol. The quantitative estimate of drug-likeness (QED) is 0.572. The van der Waals surface area contributed by atoms with E-state index in [0.717, 1.165) is 35.6 Å². The van der Waals surface area contributed by atoms with Crippen LogP contribution in [0.5, 0.6) is 0 Å². The maximum absolute atomic E-state index is 12.3. The number of aromatic nitrogens is 3. The molecule has 2 aromatic rings. The molecular formula is C23H30N6O3. The first kappa shape index (κ1) is 23.3. The Morgan fingerprint density at radius 2 is 1.88 bits per heavy atom. The van der Waals surface area contributed by atoms with E-state index >= 15 is 0 Å². The Morgan fingerprint density at radius 3 is 2.56 bits per heavy atom. The standard InChI is InChI=1S/C23H30N6O3/c1-16(2)10-19(30)4-3-5-22(31)25-13-17-11-20(18-14-26-23(24)27-15-18)28-21(12-17)29-6-8-32-9-7-29/h10-12,14-15H,3-9,13H2,1-2H3,(H,25,31)(H2,24,26,27). The molecule has 0 radical (unpaired) electrons. The summed E-state index contributed by atoms with van der Waals surface area (Å²) in [5.74, 6) is 0.988. The number of nitrogen functional groups attached to an aromatic ring is 1. The smallest absolute Gasteiger partial charge is 0.220 e. The van der Waals surface area contributed by atoms with Crippen LogP contribution in [0.15, 0.2) is 36.2 Å². The molecule has 0 bridgehead atoms. The number of amides is 1. The van der Waals surface area contributed by atoms with E-state index in [9.17, 15) is 9.59 Å². The average Bonchev–Trinajstić information content (AvgIpc) is 2.78. The van der Waals surface area contributed by atoms with Crippen LogP contribution in [0.25, 0.3) is 11.3 Å². The highest BCUT2D eigenvalue weighted by atomic mass is 16.5. The van der Waals surface area contributed by atoms with E-state index in [0.29, 0.717) is 44.7 Å². The molecule has 1 fully saturated rings. The van der Waals surface area contributed by atoms with Gasteiger partial charge in [-0.15, -0.1) is 0 Å². The molecule has 1 aliphatic rings. The van der Waals surface area contributed by atoms with Crippen LogP contribution in [0.2, 0.25) is 0 Å². The summed E-state index contributed by atoms with van der Waals surface area (Å²) in [6, 6.07) is 3.89. The Bertz CT molecular complexity index is 964. The number of nitrogens with zero attached hydrogens (tertiary/aromatic N) is 4. The lowest BCUT2D eigenvalue weighted by Gasteiger charge is -2.28. The SMILES string of the molecule is CC(C)=CC(=O)CCCC(=O)NCc1cc(-c2cnc(N)nc2)nc(N2CCOCC2)c1. The molecule has 0 aliphatic carbocycles. The predicted molar refractivity (Wildman–Crippen MR) is 123 cm³/mol. The lowest BCUT2D eigenvalue weighted by Crippen LogP contribution is -2.37. The summed E-state index contributed by atoms with van der Waals surface area (Å²) in [5.41, 5.74) is 8.96. The maximum Gasteiger partial charge on any atom is 0.220 e. The van der Waals surface area contributed by atoms with E-state index in [4.69, 9.17) is 15.5 Å². The van der Waals surface area contributed by atoms with Crippen LogP contribution in [0.4, 0.5) is 11.8 Å². The fourth-order valence-corrected chi connectivity index (χ4v) is 3.35. The molecule has 0 unspecified atom stereocenters. The molecule has 170 valence electrons. The molecule has 0 saturated carbocycles. The molecule has 3 rings (SSSR count). The van der Waals surface area contributed by atoms with Gasteiger partial charge in [0.1, 0.15) is 5.82 Å². The Labute approximate surface area is 188 Å².